The van der Waals surface area contributed by atoms with Gasteiger partial charge >= 0.3 is 0 Å². The molecule has 0 N–H and O–H groups in total. The number of carbonyl (C=O) groups is 1. The van der Waals surface area contributed by atoms with Crippen LogP contribution < -0.4 is 0 Å². The van der Waals surface area contributed by atoms with Crippen LogP contribution in [0.5, 0.6) is 0 Å². The number of aromatic nitrogens is 3. The van der Waals surface area contributed by atoms with Crippen molar-refractivity contribution in [2.24, 2.45) is 0 Å². The lowest BCUT2D eigenvalue weighted by atomic mass is 9.96. The van der Waals surface area contributed by atoms with Crippen molar-refractivity contribution < 1.29 is 4.79 Å². The molecule has 2 aromatic heterocycles. The van der Waals surface area contributed by atoms with Crippen LogP contribution in [0.15, 0.2) is 30.5 Å². The van der Waals surface area contributed by atoms with Gasteiger partial charge in [-0.1, -0.05) is 23.7 Å². The maximum absolute atomic E-state index is 12.0. The summed E-state index contributed by atoms with van der Waals surface area (Å²) in [6, 6.07) is 7.67. The monoisotopic (exact) mass is 311 g/mol. The van der Waals surface area contributed by atoms with Gasteiger partial charge in [-0.3, -0.25) is 4.79 Å². The zero-order chi connectivity index (χ0) is 15.3. The summed E-state index contributed by atoms with van der Waals surface area (Å²) in [5.41, 5.74) is 5.42. The third-order valence-electron chi connectivity index (χ3n) is 4.17. The second kappa shape index (κ2) is 4.92. The lowest BCUT2D eigenvalue weighted by molar-refractivity contribution is 0.0970. The second-order valence-corrected chi connectivity index (χ2v) is 6.03. The molecule has 4 nitrogen and oxygen atoms in total. The molecule has 0 spiro atoms. The van der Waals surface area contributed by atoms with Gasteiger partial charge in [0, 0.05) is 23.2 Å². The van der Waals surface area contributed by atoms with Gasteiger partial charge in [0.1, 0.15) is 0 Å². The van der Waals surface area contributed by atoms with Crippen molar-refractivity contribution in [1.29, 1.82) is 0 Å². The third-order valence-corrected chi connectivity index (χ3v) is 4.42. The quantitative estimate of drug-likeness (QED) is 0.685. The number of rotatable bonds is 1. The summed E-state index contributed by atoms with van der Waals surface area (Å²) >= 11 is 5.97. The van der Waals surface area contributed by atoms with E-state index in [1.807, 2.05) is 35.7 Å². The van der Waals surface area contributed by atoms with Gasteiger partial charge in [-0.05, 0) is 37.5 Å². The first-order valence-electron chi connectivity index (χ1n) is 7.31. The summed E-state index contributed by atoms with van der Waals surface area (Å²) in [6.45, 7) is 1.97. The largest absolute Gasteiger partial charge is 0.294 e. The average Bonchev–Trinajstić information content (AvgIpc) is 2.85. The molecule has 1 aliphatic rings. The van der Waals surface area contributed by atoms with Crippen LogP contribution in [0.1, 0.15) is 34.6 Å². The maximum Gasteiger partial charge on any atom is 0.166 e. The van der Waals surface area contributed by atoms with Crippen molar-refractivity contribution in [1.82, 2.24) is 14.6 Å². The highest BCUT2D eigenvalue weighted by molar-refractivity contribution is 6.30. The van der Waals surface area contributed by atoms with Crippen LogP contribution in [-0.4, -0.2) is 20.4 Å². The SMILES string of the molecule is Cc1nn2c3c(cnc2c1-c1ccc(Cl)cc1)C(=O)CCC3. The molecule has 0 amide bonds. The average molecular weight is 312 g/mol. The first-order chi connectivity index (χ1) is 10.6. The lowest BCUT2D eigenvalue weighted by Gasteiger charge is -2.15. The van der Waals surface area contributed by atoms with E-state index in [-0.39, 0.29) is 5.78 Å². The Morgan fingerprint density at radius 1 is 1.18 bits per heavy atom. The maximum atomic E-state index is 12.0. The molecule has 5 heteroatoms. The van der Waals surface area contributed by atoms with E-state index in [4.69, 9.17) is 11.6 Å². The minimum absolute atomic E-state index is 0.164. The summed E-state index contributed by atoms with van der Waals surface area (Å²) < 4.78 is 1.84. The molecule has 0 saturated heterocycles. The number of hydrogen-bond donors (Lipinski definition) is 0. The highest BCUT2D eigenvalue weighted by Crippen LogP contribution is 2.30. The van der Waals surface area contributed by atoms with Crippen LogP contribution in [0, 0.1) is 6.92 Å². The van der Waals surface area contributed by atoms with Crippen molar-refractivity contribution in [2.45, 2.75) is 26.2 Å². The van der Waals surface area contributed by atoms with E-state index in [2.05, 4.69) is 10.1 Å². The van der Waals surface area contributed by atoms with E-state index in [0.29, 0.717) is 17.0 Å². The Kier molecular flexibility index (Phi) is 3.01. The molecule has 0 aliphatic heterocycles. The number of fused-ring (bicyclic) bond motifs is 3. The van der Waals surface area contributed by atoms with Crippen LogP contribution in [-0.2, 0) is 6.42 Å². The fraction of sp³-hybridized carbons (Fsp3) is 0.235. The normalized spacial score (nSPS) is 14.4. The van der Waals surface area contributed by atoms with Gasteiger partial charge in [0.2, 0.25) is 0 Å². The van der Waals surface area contributed by atoms with Crippen LogP contribution in [0.2, 0.25) is 5.02 Å². The number of hydrogen-bond acceptors (Lipinski definition) is 3. The number of carbonyl (C=O) groups excluding carboxylic acids is 1. The molecule has 1 aromatic carbocycles. The van der Waals surface area contributed by atoms with E-state index in [9.17, 15) is 4.79 Å². The molecule has 0 bridgehead atoms. The van der Waals surface area contributed by atoms with Crippen LogP contribution in [0.3, 0.4) is 0 Å². The number of halogens is 1. The Morgan fingerprint density at radius 2 is 1.95 bits per heavy atom. The molecule has 110 valence electrons. The summed E-state index contributed by atoms with van der Waals surface area (Å²) in [4.78, 5) is 16.5. The Labute approximate surface area is 132 Å². The summed E-state index contributed by atoms with van der Waals surface area (Å²) in [7, 11) is 0. The molecule has 1 aliphatic carbocycles. The number of Topliss-reactive ketones (excluding diaryl/α,β-unsaturated/α-hetero) is 1. The summed E-state index contributed by atoms with van der Waals surface area (Å²) in [6.07, 6.45) is 4.04. The Bertz CT molecular complexity index is 896. The second-order valence-electron chi connectivity index (χ2n) is 5.60. The van der Waals surface area contributed by atoms with E-state index in [1.54, 1.807) is 6.20 Å². The minimum Gasteiger partial charge on any atom is -0.294 e. The Morgan fingerprint density at radius 3 is 2.73 bits per heavy atom. The van der Waals surface area contributed by atoms with Crippen molar-refractivity contribution in [3.8, 4) is 11.1 Å². The molecular weight excluding hydrogens is 298 g/mol. The summed E-state index contributed by atoms with van der Waals surface area (Å²) in [5, 5.41) is 5.33. The van der Waals surface area contributed by atoms with Crippen LogP contribution in [0.25, 0.3) is 16.8 Å². The molecule has 0 radical (unpaired) electrons. The molecule has 22 heavy (non-hydrogen) atoms. The zero-order valence-electron chi connectivity index (χ0n) is 12.1. The van der Waals surface area contributed by atoms with Crippen LogP contribution in [0.4, 0.5) is 0 Å². The first-order valence-corrected chi connectivity index (χ1v) is 7.69. The number of benzene rings is 1. The third kappa shape index (κ3) is 1.95. The number of ketones is 1. The van der Waals surface area contributed by atoms with Gasteiger partial charge in [-0.25, -0.2) is 9.50 Å². The highest BCUT2D eigenvalue weighted by atomic mass is 35.5. The van der Waals surface area contributed by atoms with Gasteiger partial charge in [-0.15, -0.1) is 0 Å². The topological polar surface area (TPSA) is 47.3 Å². The van der Waals surface area contributed by atoms with Crippen molar-refractivity contribution in [2.75, 3.05) is 0 Å². The smallest absolute Gasteiger partial charge is 0.166 e. The van der Waals surface area contributed by atoms with Gasteiger partial charge in [0.25, 0.3) is 0 Å². The summed E-state index contributed by atoms with van der Waals surface area (Å²) in [5.74, 6) is 0.164. The fourth-order valence-electron chi connectivity index (χ4n) is 3.12. The van der Waals surface area contributed by atoms with Crippen molar-refractivity contribution >= 4 is 23.0 Å². The zero-order valence-corrected chi connectivity index (χ0v) is 12.9. The minimum atomic E-state index is 0.164. The highest BCUT2D eigenvalue weighted by Gasteiger charge is 2.23. The van der Waals surface area contributed by atoms with E-state index in [1.165, 1.54) is 0 Å². The molecule has 0 atom stereocenters. The molecule has 0 unspecified atom stereocenters. The molecule has 0 saturated carbocycles. The van der Waals surface area contributed by atoms with E-state index >= 15 is 0 Å². The lowest BCUT2D eigenvalue weighted by Crippen LogP contribution is -2.16. The molecular formula is C17H14ClN3O. The van der Waals surface area contributed by atoms with Crippen molar-refractivity contribution in [3.05, 3.63) is 52.4 Å². The number of aryl methyl sites for hydroxylation is 2. The van der Waals surface area contributed by atoms with Crippen molar-refractivity contribution in [3.63, 3.8) is 0 Å². The van der Waals surface area contributed by atoms with Crippen LogP contribution >= 0.6 is 11.6 Å². The first kappa shape index (κ1) is 13.5. The van der Waals surface area contributed by atoms with Gasteiger partial charge in [0.15, 0.2) is 11.4 Å². The molecule has 3 aromatic rings. The molecule has 4 rings (SSSR count). The van der Waals surface area contributed by atoms with E-state index < -0.39 is 0 Å². The molecule has 2 heterocycles. The molecule has 0 fully saturated rings. The standard InChI is InChI=1S/C17H14ClN3O/c1-10-16(11-5-7-12(18)8-6-11)17-19-9-13-14(21(17)20-10)3-2-4-15(13)22/h5-9H,2-4H2,1H3. The van der Waals surface area contributed by atoms with Gasteiger partial charge in [0.05, 0.1) is 17.0 Å². The number of nitrogens with zero attached hydrogens (tertiary/aromatic N) is 3. The predicted octanol–water partition coefficient (Wildman–Crippen LogP) is 3.88. The Balaban J connectivity index is 1.99. The fourth-order valence-corrected chi connectivity index (χ4v) is 3.24. The van der Waals surface area contributed by atoms with Gasteiger partial charge < -0.3 is 0 Å². The predicted molar refractivity (Wildman–Crippen MR) is 85.4 cm³/mol. The Hall–Kier alpha value is -2.20. The van der Waals surface area contributed by atoms with E-state index in [0.717, 1.165) is 41.0 Å². The van der Waals surface area contributed by atoms with Gasteiger partial charge in [-0.2, -0.15) is 5.10 Å².